The van der Waals surface area contributed by atoms with Crippen molar-refractivity contribution in [3.05, 3.63) is 59.8 Å². The number of carbonyl (C=O) groups excluding carboxylic acids is 1. The van der Waals surface area contributed by atoms with Crippen LogP contribution in [-0.4, -0.2) is 59.7 Å². The van der Waals surface area contributed by atoms with E-state index in [-0.39, 0.29) is 11.9 Å². The number of carbonyl (C=O) groups is 1. The standard InChI is InChI=1S/C22H29N3OS/c1-24(22(26)20-13-6-14-23-21(20)27-2)19-12-8-16-25(17-19)15-7-11-18-9-4-3-5-10-18/h3-6,9-10,13-14,19H,7-8,11-12,15-17H2,1-2H3/t19-/m1/s1. The molecule has 0 aliphatic carbocycles. The van der Waals surface area contributed by atoms with E-state index in [9.17, 15) is 4.79 Å². The first-order chi connectivity index (χ1) is 13.2. The van der Waals surface area contributed by atoms with Gasteiger partial charge in [0.05, 0.1) is 5.56 Å². The maximum Gasteiger partial charge on any atom is 0.256 e. The highest BCUT2D eigenvalue weighted by Crippen LogP contribution is 2.22. The van der Waals surface area contributed by atoms with Crippen LogP contribution in [0.2, 0.25) is 0 Å². The van der Waals surface area contributed by atoms with E-state index in [0.29, 0.717) is 5.56 Å². The number of amides is 1. The molecular weight excluding hydrogens is 354 g/mol. The summed E-state index contributed by atoms with van der Waals surface area (Å²) < 4.78 is 0. The van der Waals surface area contributed by atoms with Crippen LogP contribution in [0.25, 0.3) is 0 Å². The molecule has 144 valence electrons. The molecule has 1 aliphatic rings. The lowest BCUT2D eigenvalue weighted by atomic mass is 10.0. The van der Waals surface area contributed by atoms with Gasteiger partial charge in [-0.15, -0.1) is 11.8 Å². The molecule has 1 fully saturated rings. The highest BCUT2D eigenvalue weighted by atomic mass is 32.2. The first-order valence-electron chi connectivity index (χ1n) is 9.71. The minimum Gasteiger partial charge on any atom is -0.337 e. The monoisotopic (exact) mass is 383 g/mol. The van der Waals surface area contributed by atoms with Gasteiger partial charge in [-0.1, -0.05) is 30.3 Å². The average molecular weight is 384 g/mol. The van der Waals surface area contributed by atoms with E-state index < -0.39 is 0 Å². The predicted molar refractivity (Wildman–Crippen MR) is 112 cm³/mol. The maximum absolute atomic E-state index is 13.0. The smallest absolute Gasteiger partial charge is 0.256 e. The summed E-state index contributed by atoms with van der Waals surface area (Å²) in [6.45, 7) is 3.19. The largest absolute Gasteiger partial charge is 0.337 e. The molecule has 2 heterocycles. The molecule has 0 unspecified atom stereocenters. The van der Waals surface area contributed by atoms with Crippen LogP contribution in [0.4, 0.5) is 0 Å². The molecule has 1 aliphatic heterocycles. The van der Waals surface area contributed by atoms with E-state index in [1.807, 2.05) is 30.3 Å². The number of aryl methyl sites for hydroxylation is 1. The molecule has 5 heteroatoms. The highest BCUT2D eigenvalue weighted by Gasteiger charge is 2.27. The summed E-state index contributed by atoms with van der Waals surface area (Å²) in [5.41, 5.74) is 2.12. The average Bonchev–Trinajstić information content (AvgIpc) is 2.73. The number of aromatic nitrogens is 1. The summed E-state index contributed by atoms with van der Waals surface area (Å²) in [5, 5.41) is 0.810. The minimum absolute atomic E-state index is 0.0867. The Labute approximate surface area is 167 Å². The topological polar surface area (TPSA) is 36.4 Å². The molecule has 0 saturated carbocycles. The molecule has 1 aromatic carbocycles. The molecule has 2 aromatic rings. The second-order valence-electron chi connectivity index (χ2n) is 7.16. The molecule has 1 saturated heterocycles. The Balaban J connectivity index is 1.54. The molecule has 0 bridgehead atoms. The first kappa shape index (κ1) is 19.9. The quantitative estimate of drug-likeness (QED) is 0.678. The lowest BCUT2D eigenvalue weighted by Crippen LogP contribution is -2.48. The van der Waals surface area contributed by atoms with Crippen LogP contribution >= 0.6 is 11.8 Å². The van der Waals surface area contributed by atoms with E-state index in [1.54, 1.807) is 6.20 Å². The van der Waals surface area contributed by atoms with Crippen LogP contribution in [0.1, 0.15) is 35.2 Å². The Kier molecular flexibility index (Phi) is 7.30. The van der Waals surface area contributed by atoms with E-state index >= 15 is 0 Å². The summed E-state index contributed by atoms with van der Waals surface area (Å²) in [6, 6.07) is 14.7. The van der Waals surface area contributed by atoms with E-state index in [2.05, 4.69) is 40.2 Å². The van der Waals surface area contributed by atoms with Crippen molar-refractivity contribution in [3.8, 4) is 0 Å². The van der Waals surface area contributed by atoms with Gasteiger partial charge in [-0.2, -0.15) is 0 Å². The van der Waals surface area contributed by atoms with Gasteiger partial charge in [-0.25, -0.2) is 4.98 Å². The number of likely N-dealkylation sites (N-methyl/N-ethyl adjacent to an activating group) is 1. The highest BCUT2D eigenvalue weighted by molar-refractivity contribution is 7.98. The van der Waals surface area contributed by atoms with Crippen molar-refractivity contribution in [3.63, 3.8) is 0 Å². The van der Waals surface area contributed by atoms with E-state index in [0.717, 1.165) is 50.3 Å². The number of hydrogen-bond acceptors (Lipinski definition) is 4. The fourth-order valence-electron chi connectivity index (χ4n) is 3.77. The van der Waals surface area contributed by atoms with Crippen LogP contribution in [-0.2, 0) is 6.42 Å². The second kappa shape index (κ2) is 9.90. The molecule has 4 nitrogen and oxygen atoms in total. The maximum atomic E-state index is 13.0. The number of pyridine rings is 1. The number of piperidine rings is 1. The van der Waals surface area contributed by atoms with Crippen molar-refractivity contribution in [1.82, 2.24) is 14.8 Å². The summed E-state index contributed by atoms with van der Waals surface area (Å²) >= 11 is 1.53. The van der Waals surface area contributed by atoms with E-state index in [1.165, 1.54) is 17.3 Å². The minimum atomic E-state index is 0.0867. The Morgan fingerprint density at radius 1 is 1.26 bits per heavy atom. The van der Waals surface area contributed by atoms with Crippen molar-refractivity contribution < 1.29 is 4.79 Å². The molecule has 1 atom stereocenters. The van der Waals surface area contributed by atoms with Crippen molar-refractivity contribution in [2.45, 2.75) is 36.8 Å². The number of thioether (sulfide) groups is 1. The summed E-state index contributed by atoms with van der Waals surface area (Å²) in [7, 11) is 1.94. The third-order valence-electron chi connectivity index (χ3n) is 5.33. The summed E-state index contributed by atoms with van der Waals surface area (Å²) in [5.74, 6) is 0.0867. The van der Waals surface area contributed by atoms with Crippen LogP contribution in [0.3, 0.4) is 0 Å². The molecule has 3 rings (SSSR count). The number of hydrogen-bond donors (Lipinski definition) is 0. The normalized spacial score (nSPS) is 17.6. The zero-order valence-electron chi connectivity index (χ0n) is 16.3. The number of rotatable bonds is 7. The van der Waals surface area contributed by atoms with Gasteiger partial charge in [-0.3, -0.25) is 4.79 Å². The summed E-state index contributed by atoms with van der Waals surface area (Å²) in [6.07, 6.45) is 8.21. The zero-order valence-corrected chi connectivity index (χ0v) is 17.1. The molecular formula is C22H29N3OS. The van der Waals surface area contributed by atoms with Gasteiger partial charge in [0.1, 0.15) is 5.03 Å². The van der Waals surface area contributed by atoms with Crippen molar-refractivity contribution in [2.75, 3.05) is 32.9 Å². The van der Waals surface area contributed by atoms with Gasteiger partial charge in [-0.05, 0) is 62.7 Å². The molecule has 1 aromatic heterocycles. The number of likely N-dealkylation sites (tertiary alicyclic amines) is 1. The van der Waals surface area contributed by atoms with Crippen LogP contribution < -0.4 is 0 Å². The van der Waals surface area contributed by atoms with Crippen molar-refractivity contribution in [1.29, 1.82) is 0 Å². The molecule has 1 amide bonds. The van der Waals surface area contributed by atoms with Gasteiger partial charge in [0.25, 0.3) is 5.91 Å². The molecule has 27 heavy (non-hydrogen) atoms. The first-order valence-corrected chi connectivity index (χ1v) is 10.9. The van der Waals surface area contributed by atoms with Gasteiger partial charge in [0, 0.05) is 25.8 Å². The molecule has 0 spiro atoms. The number of nitrogens with zero attached hydrogens (tertiary/aromatic N) is 3. The predicted octanol–water partition coefficient (Wildman–Crippen LogP) is 3.97. The van der Waals surface area contributed by atoms with Crippen LogP contribution in [0, 0.1) is 0 Å². The van der Waals surface area contributed by atoms with Crippen molar-refractivity contribution >= 4 is 17.7 Å². The van der Waals surface area contributed by atoms with Crippen molar-refractivity contribution in [2.24, 2.45) is 0 Å². The number of benzene rings is 1. The van der Waals surface area contributed by atoms with Gasteiger partial charge < -0.3 is 9.80 Å². The Bertz CT molecular complexity index is 737. The third-order valence-corrected chi connectivity index (χ3v) is 6.04. The fourth-order valence-corrected chi connectivity index (χ4v) is 4.32. The SMILES string of the molecule is CSc1ncccc1C(=O)N(C)[C@@H]1CCCN(CCCc2ccccc2)C1. The van der Waals surface area contributed by atoms with E-state index in [4.69, 9.17) is 0 Å². The molecule has 0 radical (unpaired) electrons. The lowest BCUT2D eigenvalue weighted by Gasteiger charge is -2.37. The second-order valence-corrected chi connectivity index (χ2v) is 7.96. The fraction of sp³-hybridized carbons (Fsp3) is 0.455. The van der Waals surface area contributed by atoms with Crippen LogP contribution in [0.15, 0.2) is 53.7 Å². The third kappa shape index (κ3) is 5.33. The Hall–Kier alpha value is -1.85. The summed E-state index contributed by atoms with van der Waals surface area (Å²) in [4.78, 5) is 21.8. The van der Waals surface area contributed by atoms with Gasteiger partial charge >= 0.3 is 0 Å². The lowest BCUT2D eigenvalue weighted by molar-refractivity contribution is 0.0613. The van der Waals surface area contributed by atoms with Crippen LogP contribution in [0.5, 0.6) is 0 Å². The van der Waals surface area contributed by atoms with Gasteiger partial charge in [0.2, 0.25) is 0 Å². The molecule has 0 N–H and O–H groups in total. The van der Waals surface area contributed by atoms with Gasteiger partial charge in [0.15, 0.2) is 0 Å². The Morgan fingerprint density at radius 2 is 2.07 bits per heavy atom. The zero-order chi connectivity index (χ0) is 19.1. The Morgan fingerprint density at radius 3 is 2.85 bits per heavy atom.